The van der Waals surface area contributed by atoms with Crippen LogP contribution in [-0.4, -0.2) is 5.91 Å². The normalized spacial score (nSPS) is 10.7. The molecule has 4 heteroatoms. The summed E-state index contributed by atoms with van der Waals surface area (Å²) in [4.78, 5) is 12.0. The maximum atomic E-state index is 12.0. The van der Waals surface area contributed by atoms with Gasteiger partial charge in [0, 0.05) is 6.42 Å². The molecule has 0 fully saturated rings. The van der Waals surface area contributed by atoms with E-state index in [4.69, 9.17) is 5.73 Å². The molecule has 0 spiro atoms. The summed E-state index contributed by atoms with van der Waals surface area (Å²) in [5, 5.41) is 2.85. The summed E-state index contributed by atoms with van der Waals surface area (Å²) >= 11 is 0. The predicted molar refractivity (Wildman–Crippen MR) is 100 cm³/mol. The highest BCUT2D eigenvalue weighted by Crippen LogP contribution is 2.22. The molecule has 2 aromatic carbocycles. The fourth-order valence-corrected chi connectivity index (χ4v) is 2.25. The minimum absolute atomic E-state index is 0. The molecular weight excluding hydrogens is 308 g/mol. The number of halogens is 1. The molecule has 0 radical (unpaired) electrons. The van der Waals surface area contributed by atoms with E-state index in [1.807, 2.05) is 18.2 Å². The minimum atomic E-state index is -0.0159. The van der Waals surface area contributed by atoms with Gasteiger partial charge in [-0.2, -0.15) is 0 Å². The first-order valence-corrected chi connectivity index (χ1v) is 7.60. The Labute approximate surface area is 144 Å². The van der Waals surface area contributed by atoms with Crippen LogP contribution < -0.4 is 11.1 Å². The van der Waals surface area contributed by atoms with Crippen LogP contribution in [0.3, 0.4) is 0 Å². The minimum Gasteiger partial charge on any atom is -0.397 e. The van der Waals surface area contributed by atoms with Crippen molar-refractivity contribution in [3.05, 3.63) is 59.7 Å². The second kappa shape index (κ2) is 8.02. The SMILES string of the molecule is CC(C)(C)c1ccc(CCC(=O)Nc2ccccc2N)cc1.Cl. The highest BCUT2D eigenvalue weighted by atomic mass is 35.5. The van der Waals surface area contributed by atoms with Crippen LogP contribution >= 0.6 is 12.4 Å². The van der Waals surface area contributed by atoms with Crippen LogP contribution in [0.2, 0.25) is 0 Å². The van der Waals surface area contributed by atoms with Gasteiger partial charge in [0.1, 0.15) is 0 Å². The second-order valence-electron chi connectivity index (χ2n) is 6.58. The van der Waals surface area contributed by atoms with Gasteiger partial charge in [0.25, 0.3) is 0 Å². The summed E-state index contributed by atoms with van der Waals surface area (Å²) in [5.74, 6) is -0.0159. The maximum absolute atomic E-state index is 12.0. The van der Waals surface area contributed by atoms with Gasteiger partial charge < -0.3 is 11.1 Å². The van der Waals surface area contributed by atoms with E-state index in [1.54, 1.807) is 6.07 Å². The summed E-state index contributed by atoms with van der Waals surface area (Å²) in [6.45, 7) is 6.58. The topological polar surface area (TPSA) is 55.1 Å². The summed E-state index contributed by atoms with van der Waals surface area (Å²) < 4.78 is 0. The van der Waals surface area contributed by atoms with Gasteiger partial charge in [-0.1, -0.05) is 57.2 Å². The number of benzene rings is 2. The van der Waals surface area contributed by atoms with Crippen LogP contribution in [0.4, 0.5) is 11.4 Å². The van der Waals surface area contributed by atoms with Gasteiger partial charge in [-0.3, -0.25) is 4.79 Å². The third kappa shape index (κ3) is 5.61. The molecule has 0 aliphatic carbocycles. The number of para-hydroxylation sites is 2. The van der Waals surface area contributed by atoms with Gasteiger partial charge in [-0.05, 0) is 35.1 Å². The van der Waals surface area contributed by atoms with Crippen molar-refractivity contribution in [2.75, 3.05) is 11.1 Å². The Bertz CT molecular complexity index is 645. The molecule has 0 atom stereocenters. The van der Waals surface area contributed by atoms with Gasteiger partial charge in [-0.15, -0.1) is 12.4 Å². The molecule has 0 saturated carbocycles. The Hall–Kier alpha value is -2.00. The number of nitrogens with one attached hydrogen (secondary N) is 1. The Morgan fingerprint density at radius 1 is 1.04 bits per heavy atom. The first kappa shape index (κ1) is 19.0. The average molecular weight is 333 g/mol. The molecular formula is C19H25ClN2O. The van der Waals surface area contributed by atoms with E-state index >= 15 is 0 Å². The Morgan fingerprint density at radius 2 is 1.65 bits per heavy atom. The van der Waals surface area contributed by atoms with E-state index in [0.29, 0.717) is 17.8 Å². The number of nitrogen functional groups attached to an aromatic ring is 1. The van der Waals surface area contributed by atoms with Gasteiger partial charge in [0.15, 0.2) is 0 Å². The monoisotopic (exact) mass is 332 g/mol. The number of nitrogens with two attached hydrogens (primary N) is 1. The number of amides is 1. The fraction of sp³-hybridized carbons (Fsp3) is 0.316. The Balaban J connectivity index is 0.00000264. The maximum Gasteiger partial charge on any atom is 0.224 e. The fourth-order valence-electron chi connectivity index (χ4n) is 2.25. The Kier molecular flexibility index (Phi) is 6.64. The number of carbonyl (C=O) groups is 1. The van der Waals surface area contributed by atoms with Crippen molar-refractivity contribution in [2.45, 2.75) is 39.0 Å². The Morgan fingerprint density at radius 3 is 2.22 bits per heavy atom. The molecule has 3 nitrogen and oxygen atoms in total. The van der Waals surface area contributed by atoms with Crippen LogP contribution in [0.15, 0.2) is 48.5 Å². The highest BCUT2D eigenvalue weighted by Gasteiger charge is 2.13. The van der Waals surface area contributed by atoms with Crippen molar-refractivity contribution in [1.82, 2.24) is 0 Å². The smallest absolute Gasteiger partial charge is 0.224 e. The molecule has 124 valence electrons. The quantitative estimate of drug-likeness (QED) is 0.806. The van der Waals surface area contributed by atoms with Gasteiger partial charge in [0.2, 0.25) is 5.91 Å². The standard InChI is InChI=1S/C19H24N2O.ClH/c1-19(2,3)15-11-8-14(9-12-15)10-13-18(22)21-17-7-5-4-6-16(17)20;/h4-9,11-12H,10,13,20H2,1-3H3,(H,21,22);1H. The lowest BCUT2D eigenvalue weighted by Gasteiger charge is -2.19. The van der Waals surface area contributed by atoms with E-state index in [2.05, 4.69) is 50.4 Å². The van der Waals surface area contributed by atoms with Crippen molar-refractivity contribution in [3.8, 4) is 0 Å². The number of anilines is 2. The number of aryl methyl sites for hydroxylation is 1. The number of carbonyl (C=O) groups excluding carboxylic acids is 1. The van der Waals surface area contributed by atoms with E-state index in [-0.39, 0.29) is 23.7 Å². The van der Waals surface area contributed by atoms with E-state index < -0.39 is 0 Å². The van der Waals surface area contributed by atoms with Gasteiger partial charge in [-0.25, -0.2) is 0 Å². The van der Waals surface area contributed by atoms with Gasteiger partial charge in [0.05, 0.1) is 11.4 Å². The highest BCUT2D eigenvalue weighted by molar-refractivity contribution is 5.93. The van der Waals surface area contributed by atoms with E-state index in [9.17, 15) is 4.79 Å². The molecule has 0 saturated heterocycles. The molecule has 0 aliphatic rings. The lowest BCUT2D eigenvalue weighted by Crippen LogP contribution is -2.14. The van der Waals surface area contributed by atoms with Crippen LogP contribution in [-0.2, 0) is 16.6 Å². The van der Waals surface area contributed by atoms with Crippen molar-refractivity contribution in [1.29, 1.82) is 0 Å². The molecule has 23 heavy (non-hydrogen) atoms. The summed E-state index contributed by atoms with van der Waals surface area (Å²) in [7, 11) is 0. The molecule has 0 unspecified atom stereocenters. The molecule has 0 heterocycles. The van der Waals surface area contributed by atoms with Crippen LogP contribution in [0.25, 0.3) is 0 Å². The second-order valence-corrected chi connectivity index (χ2v) is 6.58. The molecule has 3 N–H and O–H groups in total. The van der Waals surface area contributed by atoms with Crippen LogP contribution in [0.5, 0.6) is 0 Å². The van der Waals surface area contributed by atoms with Crippen molar-refractivity contribution in [3.63, 3.8) is 0 Å². The zero-order valence-corrected chi connectivity index (χ0v) is 14.7. The van der Waals surface area contributed by atoms with Crippen molar-refractivity contribution in [2.24, 2.45) is 0 Å². The number of hydrogen-bond acceptors (Lipinski definition) is 2. The average Bonchev–Trinajstić information content (AvgIpc) is 2.47. The van der Waals surface area contributed by atoms with E-state index in [0.717, 1.165) is 6.42 Å². The first-order valence-electron chi connectivity index (χ1n) is 7.60. The van der Waals surface area contributed by atoms with Crippen LogP contribution in [0.1, 0.15) is 38.3 Å². The zero-order chi connectivity index (χ0) is 16.2. The lowest BCUT2D eigenvalue weighted by atomic mass is 9.86. The third-order valence-electron chi connectivity index (χ3n) is 3.70. The number of rotatable bonds is 4. The largest absolute Gasteiger partial charge is 0.397 e. The summed E-state index contributed by atoms with van der Waals surface area (Å²) in [6.07, 6.45) is 1.17. The van der Waals surface area contributed by atoms with Gasteiger partial charge >= 0.3 is 0 Å². The third-order valence-corrected chi connectivity index (χ3v) is 3.70. The molecule has 2 rings (SSSR count). The molecule has 0 bridgehead atoms. The summed E-state index contributed by atoms with van der Waals surface area (Å²) in [6, 6.07) is 15.8. The van der Waals surface area contributed by atoms with Crippen molar-refractivity contribution >= 4 is 29.7 Å². The van der Waals surface area contributed by atoms with Crippen LogP contribution in [0, 0.1) is 0 Å². The molecule has 2 aromatic rings. The first-order chi connectivity index (χ1) is 10.4. The lowest BCUT2D eigenvalue weighted by molar-refractivity contribution is -0.116. The molecule has 0 aromatic heterocycles. The summed E-state index contributed by atoms with van der Waals surface area (Å²) in [5.41, 5.74) is 9.71. The molecule has 1 amide bonds. The predicted octanol–water partition coefficient (Wildman–Crippen LogP) is 4.56. The van der Waals surface area contributed by atoms with Crippen molar-refractivity contribution < 1.29 is 4.79 Å². The number of hydrogen-bond donors (Lipinski definition) is 2. The van der Waals surface area contributed by atoms with E-state index in [1.165, 1.54) is 11.1 Å². The molecule has 0 aliphatic heterocycles. The zero-order valence-electron chi connectivity index (χ0n) is 13.9.